The first kappa shape index (κ1) is 19.4. The molecule has 2 aromatic rings. The second kappa shape index (κ2) is 8.99. The number of carbonyl (C=O) groups is 1. The normalized spacial score (nSPS) is 12.0. The molecule has 1 atom stereocenters. The summed E-state index contributed by atoms with van der Waals surface area (Å²) in [4.78, 5) is 18.8. The molecule has 0 aliphatic carbocycles. The van der Waals surface area contributed by atoms with E-state index in [0.29, 0.717) is 19.6 Å². The molecule has 0 saturated heterocycles. The minimum Gasteiger partial charge on any atom is -0.486 e. The zero-order chi connectivity index (χ0) is 18.4. The standard InChI is InChI=1S/C20H28N2O2S/c1-6-15(4)22(20(23)7-2)11-17-13-25-19(21-17)12-24-18-10-8-9-14(3)16(18)5/h8-10,13,15H,6-7,11-12H2,1-5H3/t15-/m1/s1. The van der Waals surface area contributed by atoms with Crippen LogP contribution < -0.4 is 4.74 Å². The number of nitrogens with zero attached hydrogens (tertiary/aromatic N) is 2. The van der Waals surface area contributed by atoms with Gasteiger partial charge in [-0.3, -0.25) is 4.79 Å². The van der Waals surface area contributed by atoms with Crippen molar-refractivity contribution in [2.45, 2.75) is 66.7 Å². The van der Waals surface area contributed by atoms with Crippen molar-refractivity contribution in [1.82, 2.24) is 9.88 Å². The number of aromatic nitrogens is 1. The van der Waals surface area contributed by atoms with Crippen molar-refractivity contribution in [3.05, 3.63) is 45.4 Å². The Hall–Kier alpha value is -1.88. The lowest BCUT2D eigenvalue weighted by Gasteiger charge is -2.27. The fourth-order valence-electron chi connectivity index (χ4n) is 2.60. The lowest BCUT2D eigenvalue weighted by atomic mass is 10.1. The van der Waals surface area contributed by atoms with Gasteiger partial charge in [-0.1, -0.05) is 26.0 Å². The number of benzene rings is 1. The summed E-state index contributed by atoms with van der Waals surface area (Å²) in [5, 5.41) is 2.96. The summed E-state index contributed by atoms with van der Waals surface area (Å²) in [6.45, 7) is 11.3. The quantitative estimate of drug-likeness (QED) is 0.674. The van der Waals surface area contributed by atoms with Crippen molar-refractivity contribution >= 4 is 17.2 Å². The molecule has 25 heavy (non-hydrogen) atoms. The molecule has 1 heterocycles. The Morgan fingerprint density at radius 1 is 1.32 bits per heavy atom. The summed E-state index contributed by atoms with van der Waals surface area (Å²) in [6, 6.07) is 6.30. The number of thiazole rings is 1. The van der Waals surface area contributed by atoms with Crippen LogP contribution in [0.1, 0.15) is 55.4 Å². The van der Waals surface area contributed by atoms with Gasteiger partial charge in [0.05, 0.1) is 12.2 Å². The van der Waals surface area contributed by atoms with E-state index in [2.05, 4.69) is 38.7 Å². The Balaban J connectivity index is 2.01. The number of hydrogen-bond acceptors (Lipinski definition) is 4. The molecular weight excluding hydrogens is 332 g/mol. The third-order valence-corrected chi connectivity index (χ3v) is 5.45. The first-order valence-electron chi connectivity index (χ1n) is 8.88. The van der Waals surface area contributed by atoms with E-state index in [1.54, 1.807) is 11.3 Å². The van der Waals surface area contributed by atoms with Crippen molar-refractivity contribution in [2.75, 3.05) is 0 Å². The fraction of sp³-hybridized carbons (Fsp3) is 0.500. The maximum absolute atomic E-state index is 12.2. The van der Waals surface area contributed by atoms with Gasteiger partial charge in [0, 0.05) is 17.8 Å². The summed E-state index contributed by atoms with van der Waals surface area (Å²) >= 11 is 1.59. The average molecular weight is 361 g/mol. The van der Waals surface area contributed by atoms with E-state index in [-0.39, 0.29) is 11.9 Å². The van der Waals surface area contributed by atoms with Gasteiger partial charge in [0.1, 0.15) is 17.4 Å². The molecule has 4 nitrogen and oxygen atoms in total. The largest absolute Gasteiger partial charge is 0.486 e. The van der Waals surface area contributed by atoms with Crippen LogP contribution in [0.25, 0.3) is 0 Å². The number of amides is 1. The van der Waals surface area contributed by atoms with Gasteiger partial charge < -0.3 is 9.64 Å². The summed E-state index contributed by atoms with van der Waals surface area (Å²) in [7, 11) is 0. The molecule has 136 valence electrons. The molecule has 5 heteroatoms. The Kier molecular flexibility index (Phi) is 7.00. The van der Waals surface area contributed by atoms with Crippen LogP contribution in [0.5, 0.6) is 5.75 Å². The highest BCUT2D eigenvalue weighted by Gasteiger charge is 2.19. The van der Waals surface area contributed by atoms with Gasteiger partial charge in [0.15, 0.2) is 0 Å². The molecule has 0 aliphatic rings. The van der Waals surface area contributed by atoms with Crippen LogP contribution in [0.15, 0.2) is 23.6 Å². The van der Waals surface area contributed by atoms with Gasteiger partial charge in [-0.25, -0.2) is 4.98 Å². The zero-order valence-electron chi connectivity index (χ0n) is 15.8. The van der Waals surface area contributed by atoms with Crippen LogP contribution in [0.4, 0.5) is 0 Å². The van der Waals surface area contributed by atoms with Crippen molar-refractivity contribution in [2.24, 2.45) is 0 Å². The van der Waals surface area contributed by atoms with Crippen molar-refractivity contribution < 1.29 is 9.53 Å². The minimum atomic E-state index is 0.176. The van der Waals surface area contributed by atoms with Crippen molar-refractivity contribution in [1.29, 1.82) is 0 Å². The Morgan fingerprint density at radius 3 is 2.76 bits per heavy atom. The van der Waals surface area contributed by atoms with Crippen LogP contribution in [0.3, 0.4) is 0 Å². The van der Waals surface area contributed by atoms with Crippen LogP contribution in [0, 0.1) is 13.8 Å². The summed E-state index contributed by atoms with van der Waals surface area (Å²) in [5.41, 5.74) is 3.32. The van der Waals surface area contributed by atoms with Gasteiger partial charge in [-0.05, 0) is 44.4 Å². The highest BCUT2D eigenvalue weighted by atomic mass is 32.1. The number of ether oxygens (including phenoxy) is 1. The van der Waals surface area contributed by atoms with Crippen LogP contribution >= 0.6 is 11.3 Å². The maximum atomic E-state index is 12.2. The second-order valence-corrected chi connectivity index (χ2v) is 7.29. The van der Waals surface area contributed by atoms with Gasteiger partial charge in [-0.2, -0.15) is 0 Å². The third-order valence-electron chi connectivity index (χ3n) is 4.58. The topological polar surface area (TPSA) is 42.4 Å². The smallest absolute Gasteiger partial charge is 0.222 e. The molecule has 0 spiro atoms. The predicted octanol–water partition coefficient (Wildman–Crippen LogP) is 4.88. The van der Waals surface area contributed by atoms with E-state index in [4.69, 9.17) is 4.74 Å². The van der Waals surface area contributed by atoms with Crippen LogP contribution in [-0.2, 0) is 17.9 Å². The summed E-state index contributed by atoms with van der Waals surface area (Å²) in [5.74, 6) is 1.08. The minimum absolute atomic E-state index is 0.176. The maximum Gasteiger partial charge on any atom is 0.222 e. The molecule has 0 aliphatic heterocycles. The number of hydrogen-bond donors (Lipinski definition) is 0. The van der Waals surface area contributed by atoms with E-state index < -0.39 is 0 Å². The molecule has 0 fully saturated rings. The summed E-state index contributed by atoms with van der Waals surface area (Å²) in [6.07, 6.45) is 1.47. The van der Waals surface area contributed by atoms with Gasteiger partial charge in [0.2, 0.25) is 5.91 Å². The lowest BCUT2D eigenvalue weighted by molar-refractivity contribution is -0.133. The van der Waals surface area contributed by atoms with E-state index in [1.165, 1.54) is 5.56 Å². The van der Waals surface area contributed by atoms with E-state index in [0.717, 1.165) is 28.4 Å². The molecule has 2 rings (SSSR count). The molecular formula is C20H28N2O2S. The van der Waals surface area contributed by atoms with E-state index in [9.17, 15) is 4.79 Å². The fourth-order valence-corrected chi connectivity index (χ4v) is 3.29. The highest BCUT2D eigenvalue weighted by molar-refractivity contribution is 7.09. The zero-order valence-corrected chi connectivity index (χ0v) is 16.7. The van der Waals surface area contributed by atoms with Crippen molar-refractivity contribution in [3.8, 4) is 5.75 Å². The molecule has 1 aromatic heterocycles. The summed E-state index contributed by atoms with van der Waals surface area (Å²) < 4.78 is 5.93. The van der Waals surface area contributed by atoms with Gasteiger partial charge in [0.25, 0.3) is 0 Å². The van der Waals surface area contributed by atoms with Crippen LogP contribution in [0.2, 0.25) is 0 Å². The average Bonchev–Trinajstić information content (AvgIpc) is 3.07. The lowest BCUT2D eigenvalue weighted by Crippen LogP contribution is -2.37. The first-order valence-corrected chi connectivity index (χ1v) is 9.75. The molecule has 1 aromatic carbocycles. The number of rotatable bonds is 8. The molecule has 0 unspecified atom stereocenters. The Morgan fingerprint density at radius 2 is 2.08 bits per heavy atom. The van der Waals surface area contributed by atoms with Crippen molar-refractivity contribution in [3.63, 3.8) is 0 Å². The van der Waals surface area contributed by atoms with Gasteiger partial charge >= 0.3 is 0 Å². The molecule has 1 amide bonds. The molecule has 0 saturated carbocycles. The highest BCUT2D eigenvalue weighted by Crippen LogP contribution is 2.23. The predicted molar refractivity (Wildman–Crippen MR) is 103 cm³/mol. The first-order chi connectivity index (χ1) is 12.0. The van der Waals surface area contributed by atoms with E-state index >= 15 is 0 Å². The molecule has 0 N–H and O–H groups in total. The molecule has 0 bridgehead atoms. The second-order valence-electron chi connectivity index (χ2n) is 6.35. The van der Waals surface area contributed by atoms with Crippen LogP contribution in [-0.4, -0.2) is 21.8 Å². The third kappa shape index (κ3) is 5.05. The SMILES string of the molecule is CCC(=O)N(Cc1csc(COc2cccc(C)c2C)n1)[C@H](C)CC. The molecule has 0 radical (unpaired) electrons. The van der Waals surface area contributed by atoms with E-state index in [1.807, 2.05) is 29.3 Å². The monoisotopic (exact) mass is 360 g/mol. The number of carbonyl (C=O) groups excluding carboxylic acids is 1. The Bertz CT molecular complexity index is 711. The van der Waals surface area contributed by atoms with Gasteiger partial charge in [-0.15, -0.1) is 11.3 Å². The Labute approximate surface area is 154 Å². The number of aryl methyl sites for hydroxylation is 1.